The molecule has 2 aromatic carbocycles. The van der Waals surface area contributed by atoms with Gasteiger partial charge in [-0.1, -0.05) is 127 Å². The summed E-state index contributed by atoms with van der Waals surface area (Å²) in [5, 5.41) is 3.54. The van der Waals surface area contributed by atoms with E-state index < -0.39 is 8.32 Å². The number of aromatic nitrogens is 2. The third-order valence-corrected chi connectivity index (χ3v) is 13.6. The van der Waals surface area contributed by atoms with Gasteiger partial charge in [-0.25, -0.2) is 4.98 Å². The average Bonchev–Trinajstić information content (AvgIpc) is 3.37. The number of fused-ring (bicyclic) bond motifs is 1. The molecule has 3 heterocycles. The molecule has 3 atom stereocenters. The van der Waals surface area contributed by atoms with E-state index in [2.05, 4.69) is 109 Å². The van der Waals surface area contributed by atoms with E-state index >= 15 is 0 Å². The molecule has 188 valence electrons. The molecule has 36 heavy (non-hydrogen) atoms. The first-order chi connectivity index (χ1) is 17.2. The first kappa shape index (κ1) is 26.2. The van der Waals surface area contributed by atoms with Crippen molar-refractivity contribution in [1.82, 2.24) is 9.38 Å². The van der Waals surface area contributed by atoms with Crippen molar-refractivity contribution in [3.63, 3.8) is 0 Å². The summed E-state index contributed by atoms with van der Waals surface area (Å²) in [6, 6.07) is 25.1. The van der Waals surface area contributed by atoms with Gasteiger partial charge >= 0.3 is 0 Å². The molecule has 4 nitrogen and oxygen atoms in total. The summed E-state index contributed by atoms with van der Waals surface area (Å²) >= 11 is 15.3. The van der Waals surface area contributed by atoms with Gasteiger partial charge in [0.05, 0.1) is 23.4 Å². The van der Waals surface area contributed by atoms with Crippen LogP contribution in [0, 0.1) is 0 Å². The van der Waals surface area contributed by atoms with Crippen LogP contribution < -0.4 is 10.4 Å². The summed E-state index contributed by atoms with van der Waals surface area (Å²) < 4.78 is 15.9. The maximum Gasteiger partial charge on any atom is 0.261 e. The minimum atomic E-state index is -2.63. The topological polar surface area (TPSA) is 35.8 Å². The van der Waals surface area contributed by atoms with E-state index in [0.717, 1.165) is 17.8 Å². The molecule has 5 rings (SSSR count). The van der Waals surface area contributed by atoms with Crippen LogP contribution in [0.3, 0.4) is 0 Å². The molecule has 0 amide bonds. The molecule has 0 N–H and O–H groups in total. The lowest BCUT2D eigenvalue weighted by molar-refractivity contribution is 0.0142. The van der Waals surface area contributed by atoms with Gasteiger partial charge in [0.25, 0.3) is 8.32 Å². The smallest absolute Gasteiger partial charge is 0.261 e. The van der Waals surface area contributed by atoms with Crippen LogP contribution in [0.25, 0.3) is 5.65 Å². The zero-order valence-electron chi connectivity index (χ0n) is 20.5. The Morgan fingerprint density at radius 3 is 2.19 bits per heavy atom. The Morgan fingerprint density at radius 2 is 1.61 bits per heavy atom. The second kappa shape index (κ2) is 10.4. The molecule has 1 saturated heterocycles. The predicted octanol–water partition coefficient (Wildman–Crippen LogP) is 6.85. The Balaban J connectivity index is 1.46. The van der Waals surface area contributed by atoms with Crippen molar-refractivity contribution in [2.45, 2.75) is 48.4 Å². The van der Waals surface area contributed by atoms with Gasteiger partial charge in [-0.3, -0.25) is 4.40 Å². The summed E-state index contributed by atoms with van der Waals surface area (Å²) in [5.74, 6) is 0. The van der Waals surface area contributed by atoms with E-state index in [9.17, 15) is 0 Å². The number of nitrogens with zero attached hydrogens (tertiary/aromatic N) is 2. The summed E-state index contributed by atoms with van der Waals surface area (Å²) in [6.07, 6.45) is 2.47. The Bertz CT molecular complexity index is 1300. The zero-order valence-corrected chi connectivity index (χ0v) is 25.2. The quantitative estimate of drug-likeness (QED) is 0.130. The lowest BCUT2D eigenvalue weighted by Gasteiger charge is -2.43. The Hall–Kier alpha value is -1.42. The Labute approximate surface area is 237 Å². The van der Waals surface area contributed by atoms with Crippen LogP contribution in [0.2, 0.25) is 15.2 Å². The maximum absolute atomic E-state index is 7.14. The molecule has 0 aliphatic carbocycles. The molecule has 2 aromatic heterocycles. The number of halogens is 3. The van der Waals surface area contributed by atoms with Gasteiger partial charge in [-0.05, 0) is 34.0 Å². The summed E-state index contributed by atoms with van der Waals surface area (Å²) in [4.78, 5) is 4.52. The number of rotatable bonds is 6. The first-order valence-corrected chi connectivity index (χ1v) is 16.0. The van der Waals surface area contributed by atoms with Crippen LogP contribution in [0.5, 0.6) is 0 Å². The van der Waals surface area contributed by atoms with E-state index in [1.807, 2.05) is 22.7 Å². The third kappa shape index (κ3) is 4.76. The normalized spacial score (nSPS) is 20.8. The van der Waals surface area contributed by atoms with Crippen molar-refractivity contribution in [3.8, 4) is 0 Å². The molecule has 1 aliphatic rings. The molecule has 1 aliphatic heterocycles. The number of benzene rings is 2. The highest BCUT2D eigenvalue weighted by atomic mass is 127. The second-order valence-corrected chi connectivity index (χ2v) is 17.0. The highest BCUT2D eigenvalue weighted by molar-refractivity contribution is 14.1. The van der Waals surface area contributed by atoms with Gasteiger partial charge in [0.1, 0.15) is 11.8 Å². The van der Waals surface area contributed by atoms with Crippen molar-refractivity contribution < 1.29 is 9.16 Å². The molecule has 0 saturated carbocycles. The number of hydrogen-bond donors (Lipinski definition) is 0. The third-order valence-electron chi connectivity index (χ3n) is 6.90. The van der Waals surface area contributed by atoms with Crippen LogP contribution >= 0.6 is 45.8 Å². The van der Waals surface area contributed by atoms with Crippen molar-refractivity contribution in [2.24, 2.45) is 0 Å². The monoisotopic (exact) mass is 650 g/mol. The van der Waals surface area contributed by atoms with Gasteiger partial charge in [-0.15, -0.1) is 0 Å². The maximum atomic E-state index is 7.14. The Kier molecular flexibility index (Phi) is 7.56. The van der Waals surface area contributed by atoms with Crippen LogP contribution in [-0.4, -0.2) is 34.3 Å². The molecule has 0 radical (unpaired) electrons. The summed E-state index contributed by atoms with van der Waals surface area (Å²) in [7, 11) is -2.63. The fourth-order valence-corrected chi connectivity index (χ4v) is 11.4. The zero-order chi connectivity index (χ0) is 25.5. The van der Waals surface area contributed by atoms with Crippen molar-refractivity contribution in [2.75, 3.05) is 6.61 Å². The van der Waals surface area contributed by atoms with Crippen molar-refractivity contribution in [3.05, 3.63) is 94.9 Å². The molecule has 0 bridgehead atoms. The molecule has 1 fully saturated rings. The van der Waals surface area contributed by atoms with E-state index in [4.69, 9.17) is 32.4 Å². The molecule has 8 heteroatoms. The van der Waals surface area contributed by atoms with Gasteiger partial charge in [0, 0.05) is 10.1 Å². The van der Waals surface area contributed by atoms with Gasteiger partial charge in [0.15, 0.2) is 5.15 Å². The van der Waals surface area contributed by atoms with E-state index in [-0.39, 0.29) is 21.2 Å². The number of hydrogen-bond acceptors (Lipinski definition) is 3. The predicted molar refractivity (Wildman–Crippen MR) is 159 cm³/mol. The number of pyridine rings is 1. The van der Waals surface area contributed by atoms with Crippen molar-refractivity contribution in [1.29, 1.82) is 0 Å². The van der Waals surface area contributed by atoms with Crippen LogP contribution in [0.4, 0.5) is 0 Å². The van der Waals surface area contributed by atoms with Crippen molar-refractivity contribution >= 4 is 70.1 Å². The minimum absolute atomic E-state index is 0.0562. The fourth-order valence-electron chi connectivity index (χ4n) is 5.31. The Morgan fingerprint density at radius 1 is 1.00 bits per heavy atom. The summed E-state index contributed by atoms with van der Waals surface area (Å²) in [6.45, 7) is 7.39. The largest absolute Gasteiger partial charge is 0.405 e. The number of alkyl halides is 1. The molecular weight excluding hydrogens is 622 g/mol. The second-order valence-electron chi connectivity index (χ2n) is 10.3. The summed E-state index contributed by atoms with van der Waals surface area (Å²) in [5.41, 5.74) is 1.61. The van der Waals surface area contributed by atoms with E-state index in [1.165, 1.54) is 10.4 Å². The SMILES string of the molecule is CC(C)(C)[Si](OC[C@@H]1C[C@H](I)[C@@H](c2c(Cl)nc3ccc(Cl)cn23)O1)(c1ccccc1)c1ccccc1. The minimum Gasteiger partial charge on any atom is -0.405 e. The van der Waals surface area contributed by atoms with Crippen LogP contribution in [0.15, 0.2) is 79.0 Å². The highest BCUT2D eigenvalue weighted by Crippen LogP contribution is 2.43. The standard InChI is InChI=1S/C28H29Cl2IN2O2Si/c1-28(2,3)36(21-10-6-4-7-11-21,22-12-8-5-9-13-22)34-18-20-16-23(31)26(35-20)25-27(30)32-24-15-14-19(29)17-33(24)25/h4-15,17,20,23,26H,16,18H2,1-3H3/t20-,23-,26-/m0/s1. The van der Waals surface area contributed by atoms with E-state index in [1.54, 1.807) is 0 Å². The van der Waals surface area contributed by atoms with Crippen LogP contribution in [-0.2, 0) is 9.16 Å². The lowest BCUT2D eigenvalue weighted by atomic mass is 10.1. The highest BCUT2D eigenvalue weighted by Gasteiger charge is 2.51. The molecule has 0 unspecified atom stereocenters. The van der Waals surface area contributed by atoms with Gasteiger partial charge in [0.2, 0.25) is 0 Å². The average molecular weight is 651 g/mol. The fraction of sp³-hybridized carbons (Fsp3) is 0.321. The number of imidazole rings is 1. The lowest BCUT2D eigenvalue weighted by Crippen LogP contribution is -2.67. The number of ether oxygens (including phenoxy) is 1. The molecular formula is C28H29Cl2IN2O2Si. The van der Waals surface area contributed by atoms with Gasteiger partial charge in [-0.2, -0.15) is 0 Å². The van der Waals surface area contributed by atoms with E-state index in [0.29, 0.717) is 16.8 Å². The molecule has 4 aromatic rings. The molecule has 0 spiro atoms. The van der Waals surface area contributed by atoms with Gasteiger partial charge < -0.3 is 9.16 Å². The first-order valence-electron chi connectivity index (χ1n) is 12.1. The van der Waals surface area contributed by atoms with Crippen LogP contribution in [0.1, 0.15) is 39.0 Å².